The molecule has 23 heavy (non-hydrogen) atoms. The summed E-state index contributed by atoms with van der Waals surface area (Å²) >= 11 is 0. The summed E-state index contributed by atoms with van der Waals surface area (Å²) in [6.45, 7) is 3.49. The number of nitrogens with zero attached hydrogens (tertiary/aromatic N) is 2. The van der Waals surface area contributed by atoms with E-state index < -0.39 is 11.0 Å². The van der Waals surface area contributed by atoms with Crippen LogP contribution in [0.5, 0.6) is 0 Å². The maximum absolute atomic E-state index is 14.2. The normalized spacial score (nSPS) is 25.7. The summed E-state index contributed by atoms with van der Waals surface area (Å²) in [5, 5.41) is 8.43. The molecule has 2 fully saturated rings. The Hall–Kier alpha value is -1.79. The highest BCUT2D eigenvalue weighted by Crippen LogP contribution is 2.54. The second-order valence-electron chi connectivity index (χ2n) is 6.20. The summed E-state index contributed by atoms with van der Waals surface area (Å²) in [6.07, 6.45) is 2.32. The molecule has 1 saturated heterocycles. The molecular weight excluding hydrogens is 299 g/mol. The zero-order chi connectivity index (χ0) is 15.9. The highest BCUT2D eigenvalue weighted by molar-refractivity contribution is 5.39. The molecule has 1 aromatic heterocycles. The minimum absolute atomic E-state index is 0.228. The van der Waals surface area contributed by atoms with Crippen molar-refractivity contribution in [2.75, 3.05) is 19.8 Å². The maximum atomic E-state index is 14.2. The van der Waals surface area contributed by atoms with Crippen molar-refractivity contribution in [3.63, 3.8) is 0 Å². The lowest BCUT2D eigenvalue weighted by atomic mass is 9.95. The summed E-state index contributed by atoms with van der Waals surface area (Å²) in [4.78, 5) is 0. The van der Waals surface area contributed by atoms with Gasteiger partial charge in [-0.15, -0.1) is 10.2 Å². The molecule has 1 aliphatic heterocycles. The molecule has 2 heterocycles. The molecule has 6 heteroatoms. The first-order chi connectivity index (χ1) is 11.2. The SMILES string of the molecule is CCOC1(c2nnc(C3(c4ccccc4F)CC3)o2)CCOC1. The fraction of sp³-hybridized carbons (Fsp3) is 0.529. The van der Waals surface area contributed by atoms with Gasteiger partial charge in [0.2, 0.25) is 5.89 Å². The molecule has 1 aromatic carbocycles. The maximum Gasteiger partial charge on any atom is 0.250 e. The number of rotatable bonds is 5. The van der Waals surface area contributed by atoms with E-state index in [9.17, 15) is 4.39 Å². The van der Waals surface area contributed by atoms with Crippen molar-refractivity contribution in [3.8, 4) is 0 Å². The molecule has 0 amide bonds. The molecule has 0 N–H and O–H groups in total. The van der Waals surface area contributed by atoms with Crippen LogP contribution >= 0.6 is 0 Å². The van der Waals surface area contributed by atoms with Crippen LogP contribution in [0, 0.1) is 5.82 Å². The zero-order valence-electron chi connectivity index (χ0n) is 13.0. The Kier molecular flexibility index (Phi) is 3.46. The Bertz CT molecular complexity index is 705. The Morgan fingerprint density at radius 3 is 2.61 bits per heavy atom. The van der Waals surface area contributed by atoms with Gasteiger partial charge in [-0.1, -0.05) is 18.2 Å². The number of aromatic nitrogens is 2. The van der Waals surface area contributed by atoms with Crippen molar-refractivity contribution in [3.05, 3.63) is 47.4 Å². The first-order valence-electron chi connectivity index (χ1n) is 8.01. The van der Waals surface area contributed by atoms with Gasteiger partial charge in [0.25, 0.3) is 5.89 Å². The molecule has 0 radical (unpaired) electrons. The van der Waals surface area contributed by atoms with Gasteiger partial charge in [-0.05, 0) is 25.8 Å². The summed E-state index contributed by atoms with van der Waals surface area (Å²) in [5.74, 6) is 0.687. The van der Waals surface area contributed by atoms with E-state index in [2.05, 4.69) is 10.2 Å². The predicted octanol–water partition coefficient (Wildman–Crippen LogP) is 2.94. The Balaban J connectivity index is 1.70. The second-order valence-corrected chi connectivity index (χ2v) is 6.20. The number of benzene rings is 1. The fourth-order valence-corrected chi connectivity index (χ4v) is 3.34. The molecule has 2 aliphatic rings. The lowest BCUT2D eigenvalue weighted by Gasteiger charge is -2.22. The van der Waals surface area contributed by atoms with Crippen molar-refractivity contribution < 1.29 is 18.3 Å². The topological polar surface area (TPSA) is 57.4 Å². The van der Waals surface area contributed by atoms with Gasteiger partial charge in [0, 0.05) is 18.6 Å². The summed E-state index contributed by atoms with van der Waals surface area (Å²) in [6, 6.07) is 6.79. The van der Waals surface area contributed by atoms with E-state index in [4.69, 9.17) is 13.9 Å². The monoisotopic (exact) mass is 318 g/mol. The van der Waals surface area contributed by atoms with Crippen molar-refractivity contribution in [1.29, 1.82) is 0 Å². The van der Waals surface area contributed by atoms with Crippen LogP contribution in [-0.4, -0.2) is 30.0 Å². The fourth-order valence-electron chi connectivity index (χ4n) is 3.34. The van der Waals surface area contributed by atoms with Gasteiger partial charge in [-0.3, -0.25) is 0 Å². The Labute approximate surface area is 133 Å². The standard InChI is InChI=1S/C17H19FN2O3/c1-2-22-17(9-10-21-11-17)15-20-19-14(23-15)16(7-8-16)12-5-3-4-6-13(12)18/h3-6H,2,7-11H2,1H3. The van der Waals surface area contributed by atoms with Gasteiger partial charge in [-0.2, -0.15) is 0 Å². The van der Waals surface area contributed by atoms with Gasteiger partial charge in [0.15, 0.2) is 5.60 Å². The van der Waals surface area contributed by atoms with Crippen LogP contribution in [0.25, 0.3) is 0 Å². The molecule has 1 saturated carbocycles. The van der Waals surface area contributed by atoms with Gasteiger partial charge in [0.1, 0.15) is 5.82 Å². The molecule has 0 bridgehead atoms. The average Bonchev–Trinajstić information content (AvgIpc) is 2.99. The smallest absolute Gasteiger partial charge is 0.250 e. The van der Waals surface area contributed by atoms with E-state index in [0.29, 0.717) is 43.6 Å². The average molecular weight is 318 g/mol. The predicted molar refractivity (Wildman–Crippen MR) is 79.5 cm³/mol. The van der Waals surface area contributed by atoms with Gasteiger partial charge in [-0.25, -0.2) is 4.39 Å². The molecule has 1 aliphatic carbocycles. The minimum atomic E-state index is -0.661. The van der Waals surface area contributed by atoms with Crippen molar-refractivity contribution in [2.45, 2.75) is 37.2 Å². The van der Waals surface area contributed by atoms with Gasteiger partial charge >= 0.3 is 0 Å². The van der Waals surface area contributed by atoms with E-state index in [1.807, 2.05) is 13.0 Å². The van der Waals surface area contributed by atoms with Gasteiger partial charge < -0.3 is 13.9 Å². The molecular formula is C17H19FN2O3. The van der Waals surface area contributed by atoms with Crippen molar-refractivity contribution >= 4 is 0 Å². The molecule has 1 unspecified atom stereocenters. The summed E-state index contributed by atoms with van der Waals surface area (Å²) in [5.41, 5.74) is -0.516. The van der Waals surface area contributed by atoms with E-state index in [1.165, 1.54) is 6.07 Å². The lowest BCUT2D eigenvalue weighted by molar-refractivity contribution is -0.0666. The van der Waals surface area contributed by atoms with E-state index in [0.717, 1.165) is 12.8 Å². The molecule has 0 spiro atoms. The van der Waals surface area contributed by atoms with Crippen molar-refractivity contribution in [1.82, 2.24) is 10.2 Å². The van der Waals surface area contributed by atoms with Crippen molar-refractivity contribution in [2.24, 2.45) is 0 Å². The Morgan fingerprint density at radius 1 is 1.17 bits per heavy atom. The van der Waals surface area contributed by atoms with Crippen LogP contribution in [0.1, 0.15) is 43.5 Å². The molecule has 5 nitrogen and oxygen atoms in total. The first-order valence-corrected chi connectivity index (χ1v) is 8.01. The molecule has 2 aromatic rings. The minimum Gasteiger partial charge on any atom is -0.421 e. The summed E-state index contributed by atoms with van der Waals surface area (Å²) < 4.78 is 31.5. The van der Waals surface area contributed by atoms with E-state index in [1.54, 1.807) is 12.1 Å². The van der Waals surface area contributed by atoms with Crippen LogP contribution in [0.2, 0.25) is 0 Å². The second kappa shape index (κ2) is 5.39. The first kappa shape index (κ1) is 14.8. The van der Waals surface area contributed by atoms with Gasteiger partial charge in [0.05, 0.1) is 18.6 Å². The van der Waals surface area contributed by atoms with Crippen LogP contribution in [0.15, 0.2) is 28.7 Å². The number of halogens is 1. The number of hydrogen-bond donors (Lipinski definition) is 0. The van der Waals surface area contributed by atoms with E-state index in [-0.39, 0.29) is 5.82 Å². The molecule has 4 rings (SSSR count). The molecule has 1 atom stereocenters. The third-order valence-electron chi connectivity index (χ3n) is 4.77. The van der Waals surface area contributed by atoms with E-state index >= 15 is 0 Å². The third-order valence-corrected chi connectivity index (χ3v) is 4.77. The highest BCUT2D eigenvalue weighted by atomic mass is 19.1. The van der Waals surface area contributed by atoms with Crippen LogP contribution in [0.4, 0.5) is 4.39 Å². The van der Waals surface area contributed by atoms with Crippen LogP contribution in [-0.2, 0) is 20.5 Å². The van der Waals surface area contributed by atoms with Crippen LogP contribution in [0.3, 0.4) is 0 Å². The number of ether oxygens (including phenoxy) is 2. The lowest BCUT2D eigenvalue weighted by Crippen LogP contribution is -2.30. The van der Waals surface area contributed by atoms with Crippen LogP contribution < -0.4 is 0 Å². The molecule has 122 valence electrons. The summed E-state index contributed by atoms with van der Waals surface area (Å²) in [7, 11) is 0. The highest BCUT2D eigenvalue weighted by Gasteiger charge is 2.53. The number of hydrogen-bond acceptors (Lipinski definition) is 5. The quantitative estimate of drug-likeness (QED) is 0.848. The Morgan fingerprint density at radius 2 is 1.96 bits per heavy atom. The third kappa shape index (κ3) is 2.28. The zero-order valence-corrected chi connectivity index (χ0v) is 13.0. The largest absolute Gasteiger partial charge is 0.421 e.